The molecule has 0 aliphatic heterocycles. The van der Waals surface area contributed by atoms with Gasteiger partial charge in [-0.15, -0.1) is 0 Å². The van der Waals surface area contributed by atoms with E-state index in [0.29, 0.717) is 12.1 Å². The molecule has 1 aromatic carbocycles. The molecule has 2 aliphatic carbocycles. The minimum atomic E-state index is -0.198. The summed E-state index contributed by atoms with van der Waals surface area (Å²) in [6, 6.07) is 9.85. The van der Waals surface area contributed by atoms with E-state index in [2.05, 4.69) is 17.6 Å². The predicted octanol–water partition coefficient (Wildman–Crippen LogP) is 3.73. The number of carbonyl (C=O) groups excluding carboxylic acids is 1. The van der Waals surface area contributed by atoms with Crippen LogP contribution in [0.15, 0.2) is 30.3 Å². The Balaban J connectivity index is 1.59. The van der Waals surface area contributed by atoms with Crippen molar-refractivity contribution in [1.29, 1.82) is 0 Å². The third-order valence-corrected chi connectivity index (χ3v) is 5.82. The molecule has 1 amide bonds. The molecule has 0 heterocycles. The van der Waals surface area contributed by atoms with Gasteiger partial charge in [0.2, 0.25) is 5.91 Å². The number of benzene rings is 1. The lowest BCUT2D eigenvalue weighted by Gasteiger charge is -2.58. The van der Waals surface area contributed by atoms with Gasteiger partial charge < -0.3 is 15.4 Å². The zero-order valence-electron chi connectivity index (χ0n) is 14.9. The first-order valence-corrected chi connectivity index (χ1v) is 9.39. The Labute approximate surface area is 145 Å². The van der Waals surface area contributed by atoms with Crippen LogP contribution >= 0.6 is 0 Å². The molecule has 1 spiro atoms. The van der Waals surface area contributed by atoms with Crippen molar-refractivity contribution in [2.45, 2.75) is 70.6 Å². The van der Waals surface area contributed by atoms with Gasteiger partial charge in [-0.25, -0.2) is 0 Å². The Morgan fingerprint density at radius 2 is 1.96 bits per heavy atom. The summed E-state index contributed by atoms with van der Waals surface area (Å²) in [7, 11) is 0. The summed E-state index contributed by atoms with van der Waals surface area (Å²) in [4.78, 5) is 12.5. The molecule has 2 fully saturated rings. The number of ether oxygens (including phenoxy) is 1. The standard InChI is InChI=1S/C20H30N2O2/c1-3-24-18-14-17(20(18)12-8-5-9-13-20)21-15(2)19(23)22-16-10-6-4-7-11-16/h4,6-7,10-11,15,17-18,21H,3,5,8-9,12-14H2,1-2H3,(H,22,23)/t15-,17-,18-/m1/s1. The Hall–Kier alpha value is -1.39. The highest BCUT2D eigenvalue weighted by molar-refractivity contribution is 5.94. The van der Waals surface area contributed by atoms with Crippen LogP contribution in [0, 0.1) is 5.41 Å². The number of anilines is 1. The minimum Gasteiger partial charge on any atom is -0.378 e. The van der Waals surface area contributed by atoms with Gasteiger partial charge in [-0.05, 0) is 45.2 Å². The molecule has 2 N–H and O–H groups in total. The number of hydrogen-bond donors (Lipinski definition) is 2. The summed E-state index contributed by atoms with van der Waals surface area (Å²) >= 11 is 0. The summed E-state index contributed by atoms with van der Waals surface area (Å²) in [5.74, 6) is 0.0343. The minimum absolute atomic E-state index is 0.0343. The Morgan fingerprint density at radius 1 is 1.25 bits per heavy atom. The fraction of sp³-hybridized carbons (Fsp3) is 0.650. The molecule has 2 aliphatic rings. The quantitative estimate of drug-likeness (QED) is 0.835. The Kier molecular flexibility index (Phi) is 5.57. The highest BCUT2D eigenvalue weighted by Crippen LogP contribution is 2.53. The van der Waals surface area contributed by atoms with Gasteiger partial charge in [0.05, 0.1) is 12.1 Å². The Bertz CT molecular complexity index is 540. The van der Waals surface area contributed by atoms with Gasteiger partial charge in [0.25, 0.3) is 0 Å². The molecular formula is C20H30N2O2. The van der Waals surface area contributed by atoms with E-state index in [-0.39, 0.29) is 17.4 Å². The molecule has 3 rings (SSSR count). The van der Waals surface area contributed by atoms with Crippen molar-refractivity contribution < 1.29 is 9.53 Å². The number of amides is 1. The number of hydrogen-bond acceptors (Lipinski definition) is 3. The van der Waals surface area contributed by atoms with Crippen LogP contribution in [0.3, 0.4) is 0 Å². The maximum atomic E-state index is 12.5. The Morgan fingerprint density at radius 3 is 2.62 bits per heavy atom. The van der Waals surface area contributed by atoms with E-state index in [9.17, 15) is 4.79 Å². The maximum Gasteiger partial charge on any atom is 0.241 e. The van der Waals surface area contributed by atoms with Crippen LogP contribution in [0.1, 0.15) is 52.4 Å². The molecular weight excluding hydrogens is 300 g/mol. The molecule has 0 aromatic heterocycles. The first kappa shape index (κ1) is 17.4. The van der Waals surface area contributed by atoms with Crippen LogP contribution in [0.25, 0.3) is 0 Å². The molecule has 132 valence electrons. The second-order valence-corrected chi connectivity index (χ2v) is 7.27. The second kappa shape index (κ2) is 7.66. The number of carbonyl (C=O) groups is 1. The van der Waals surface area contributed by atoms with Crippen LogP contribution in [0.5, 0.6) is 0 Å². The molecule has 4 nitrogen and oxygen atoms in total. The third-order valence-electron chi connectivity index (χ3n) is 5.82. The molecule has 24 heavy (non-hydrogen) atoms. The van der Waals surface area contributed by atoms with Crippen molar-refractivity contribution >= 4 is 11.6 Å². The smallest absolute Gasteiger partial charge is 0.241 e. The zero-order chi connectivity index (χ0) is 17.0. The summed E-state index contributed by atoms with van der Waals surface area (Å²) in [6.45, 7) is 4.82. The van der Waals surface area contributed by atoms with Gasteiger partial charge >= 0.3 is 0 Å². The van der Waals surface area contributed by atoms with Crippen LogP contribution in [-0.4, -0.2) is 30.7 Å². The monoisotopic (exact) mass is 330 g/mol. The van der Waals surface area contributed by atoms with E-state index in [4.69, 9.17) is 4.74 Å². The van der Waals surface area contributed by atoms with E-state index < -0.39 is 0 Å². The van der Waals surface area contributed by atoms with E-state index in [0.717, 1.165) is 18.7 Å². The molecule has 4 heteroatoms. The highest BCUT2D eigenvalue weighted by atomic mass is 16.5. The zero-order valence-corrected chi connectivity index (χ0v) is 14.9. The summed E-state index contributed by atoms with van der Waals surface area (Å²) in [5, 5.41) is 6.58. The molecule has 2 saturated carbocycles. The lowest BCUT2D eigenvalue weighted by atomic mass is 9.55. The molecule has 0 unspecified atom stereocenters. The first-order valence-electron chi connectivity index (χ1n) is 9.39. The van der Waals surface area contributed by atoms with Gasteiger partial charge in [0.1, 0.15) is 0 Å². The van der Waals surface area contributed by atoms with Crippen molar-refractivity contribution in [2.24, 2.45) is 5.41 Å². The van der Waals surface area contributed by atoms with Crippen LogP contribution in [0.4, 0.5) is 5.69 Å². The average molecular weight is 330 g/mol. The van der Waals surface area contributed by atoms with E-state index >= 15 is 0 Å². The van der Waals surface area contributed by atoms with Crippen LogP contribution in [0.2, 0.25) is 0 Å². The number of nitrogens with one attached hydrogen (secondary N) is 2. The largest absolute Gasteiger partial charge is 0.378 e. The van der Waals surface area contributed by atoms with E-state index in [1.54, 1.807) is 0 Å². The average Bonchev–Trinajstić information content (AvgIpc) is 2.62. The number of rotatable bonds is 6. The van der Waals surface area contributed by atoms with Gasteiger partial charge in [0, 0.05) is 23.8 Å². The number of para-hydroxylation sites is 1. The van der Waals surface area contributed by atoms with Gasteiger partial charge in [-0.3, -0.25) is 4.79 Å². The fourth-order valence-electron chi connectivity index (χ4n) is 4.45. The topological polar surface area (TPSA) is 50.4 Å². The first-order chi connectivity index (χ1) is 11.7. The van der Waals surface area contributed by atoms with E-state index in [1.165, 1.54) is 32.1 Å². The van der Waals surface area contributed by atoms with E-state index in [1.807, 2.05) is 37.3 Å². The predicted molar refractivity (Wildman–Crippen MR) is 97.0 cm³/mol. The normalized spacial score (nSPS) is 26.6. The van der Waals surface area contributed by atoms with Crippen LogP contribution < -0.4 is 10.6 Å². The van der Waals surface area contributed by atoms with Crippen molar-refractivity contribution in [3.63, 3.8) is 0 Å². The van der Waals surface area contributed by atoms with Crippen LogP contribution in [-0.2, 0) is 9.53 Å². The maximum absolute atomic E-state index is 12.5. The van der Waals surface area contributed by atoms with Crippen molar-refractivity contribution in [2.75, 3.05) is 11.9 Å². The molecule has 0 bridgehead atoms. The molecule has 0 radical (unpaired) electrons. The lowest BCUT2D eigenvalue weighted by Crippen LogP contribution is -2.66. The second-order valence-electron chi connectivity index (χ2n) is 7.27. The molecule has 3 atom stereocenters. The highest BCUT2D eigenvalue weighted by Gasteiger charge is 2.55. The summed E-state index contributed by atoms with van der Waals surface area (Å²) in [6.07, 6.45) is 7.74. The summed E-state index contributed by atoms with van der Waals surface area (Å²) in [5.41, 5.74) is 1.10. The van der Waals surface area contributed by atoms with Crippen molar-refractivity contribution in [3.8, 4) is 0 Å². The van der Waals surface area contributed by atoms with Crippen molar-refractivity contribution in [3.05, 3.63) is 30.3 Å². The SMILES string of the molecule is CCO[C@@H]1C[C@@H](N[C@H](C)C(=O)Nc2ccccc2)C12CCCCC2. The molecule has 0 saturated heterocycles. The van der Waals surface area contributed by atoms with Crippen molar-refractivity contribution in [1.82, 2.24) is 5.32 Å². The lowest BCUT2D eigenvalue weighted by molar-refractivity contribution is -0.153. The fourth-order valence-corrected chi connectivity index (χ4v) is 4.45. The third kappa shape index (κ3) is 3.50. The van der Waals surface area contributed by atoms with Gasteiger partial charge in [-0.1, -0.05) is 37.5 Å². The molecule has 1 aromatic rings. The van der Waals surface area contributed by atoms with Gasteiger partial charge in [0.15, 0.2) is 0 Å². The summed E-state index contributed by atoms with van der Waals surface area (Å²) < 4.78 is 6.00. The van der Waals surface area contributed by atoms with Gasteiger partial charge in [-0.2, -0.15) is 0 Å².